The highest BCUT2D eigenvalue weighted by atomic mass is 32.2. The maximum absolute atomic E-state index is 12.3. The molecule has 5 rings (SSSR count). The molecule has 32 heavy (non-hydrogen) atoms. The van der Waals surface area contributed by atoms with Gasteiger partial charge in [-0.3, -0.25) is 4.79 Å². The fourth-order valence-corrected chi connectivity index (χ4v) is 9.77. The number of benzene rings is 1. The molecular formula is C28H40BO2S. The van der Waals surface area contributed by atoms with Gasteiger partial charge in [-0.05, 0) is 84.8 Å². The van der Waals surface area contributed by atoms with Crippen LogP contribution < -0.4 is 0 Å². The summed E-state index contributed by atoms with van der Waals surface area (Å²) in [6.07, 6.45) is 14.6. The van der Waals surface area contributed by atoms with Crippen molar-refractivity contribution in [3.8, 4) is 0 Å². The highest BCUT2D eigenvalue weighted by molar-refractivity contribution is 7.99. The molecule has 1 heterocycles. The van der Waals surface area contributed by atoms with Gasteiger partial charge in [-0.15, -0.1) is 0 Å². The zero-order valence-electron chi connectivity index (χ0n) is 19.8. The van der Waals surface area contributed by atoms with Gasteiger partial charge in [0.25, 0.3) is 5.97 Å². The maximum Gasteiger partial charge on any atom is 0.298 e. The first kappa shape index (κ1) is 22.9. The molecule has 3 aliphatic carbocycles. The Hall–Kier alpha value is -0.895. The normalized spacial score (nSPS) is 38.7. The molecule has 2 nitrogen and oxygen atoms in total. The molecule has 1 aliphatic heterocycles. The van der Waals surface area contributed by atoms with Gasteiger partial charge in [0.2, 0.25) is 0 Å². The number of hydrogen-bond donors (Lipinski definition) is 0. The summed E-state index contributed by atoms with van der Waals surface area (Å²) in [5, 5.41) is 0.968. The minimum Gasteiger partial charge on any atom is -0.461 e. The van der Waals surface area contributed by atoms with Crippen LogP contribution in [0.5, 0.6) is 0 Å². The van der Waals surface area contributed by atoms with E-state index in [1.54, 1.807) is 0 Å². The van der Waals surface area contributed by atoms with Crippen LogP contribution in [-0.4, -0.2) is 24.3 Å². The van der Waals surface area contributed by atoms with Crippen LogP contribution in [0.15, 0.2) is 30.3 Å². The Bertz CT molecular complexity index is 770. The standard InChI is InChI=1S/C28H40BO2S/c1-28-15-13-22-23(14-16-32-26-10-6-5-9-24(22)26)25(28)12-11-21(28)17-29-18-27(30)31-19-20-7-3-2-4-8-20/h2-4,7-8,21-26H,5-6,9-19H2,1H3. The third-order valence-electron chi connectivity index (χ3n) is 9.78. The molecule has 7 atom stereocenters. The summed E-state index contributed by atoms with van der Waals surface area (Å²) in [4.78, 5) is 12.3. The zero-order valence-corrected chi connectivity index (χ0v) is 20.7. The lowest BCUT2D eigenvalue weighted by Crippen LogP contribution is -2.45. The number of hydrogen-bond acceptors (Lipinski definition) is 3. The van der Waals surface area contributed by atoms with Crippen LogP contribution in [0.3, 0.4) is 0 Å². The first-order chi connectivity index (χ1) is 15.6. The number of ether oxygens (including phenoxy) is 1. The van der Waals surface area contributed by atoms with Gasteiger partial charge in [-0.1, -0.05) is 62.8 Å². The lowest BCUT2D eigenvalue weighted by Gasteiger charge is -2.51. The van der Waals surface area contributed by atoms with E-state index in [0.717, 1.165) is 46.7 Å². The van der Waals surface area contributed by atoms with Crippen LogP contribution in [0, 0.1) is 35.0 Å². The molecule has 4 fully saturated rings. The van der Waals surface area contributed by atoms with Crippen molar-refractivity contribution in [3.63, 3.8) is 0 Å². The molecule has 0 N–H and O–H groups in total. The van der Waals surface area contributed by atoms with E-state index >= 15 is 0 Å². The SMILES string of the molecule is CC12CCC3C4CCCCC4SCCC3C1CCC2C[B]CC(=O)OCc1ccccc1. The van der Waals surface area contributed by atoms with E-state index in [-0.39, 0.29) is 5.97 Å². The van der Waals surface area contributed by atoms with Crippen molar-refractivity contribution in [1.82, 2.24) is 0 Å². The average Bonchev–Trinajstić information content (AvgIpc) is 3.03. The molecule has 4 aliphatic rings. The van der Waals surface area contributed by atoms with Crippen LogP contribution in [0.25, 0.3) is 0 Å². The summed E-state index contributed by atoms with van der Waals surface area (Å²) >= 11 is 2.33. The first-order valence-corrected chi connectivity index (χ1v) is 14.3. The van der Waals surface area contributed by atoms with Gasteiger partial charge in [-0.25, -0.2) is 0 Å². The van der Waals surface area contributed by atoms with Crippen molar-refractivity contribution >= 4 is 25.0 Å². The fourth-order valence-electron chi connectivity index (χ4n) is 8.14. The summed E-state index contributed by atoms with van der Waals surface area (Å²) in [5.41, 5.74) is 1.55. The number of esters is 1. The number of thioether (sulfide) groups is 1. The van der Waals surface area contributed by atoms with E-state index in [1.165, 1.54) is 63.5 Å². The molecule has 1 saturated heterocycles. The fraction of sp³-hybridized carbons (Fsp3) is 0.750. The lowest BCUT2D eigenvalue weighted by atomic mass is 9.52. The highest BCUT2D eigenvalue weighted by Gasteiger charge is 2.55. The van der Waals surface area contributed by atoms with E-state index in [0.29, 0.717) is 18.3 Å². The molecule has 1 radical (unpaired) electrons. The summed E-state index contributed by atoms with van der Waals surface area (Å²) in [7, 11) is 2.23. The predicted octanol–water partition coefficient (Wildman–Crippen LogP) is 7.03. The number of rotatable bonds is 6. The summed E-state index contributed by atoms with van der Waals surface area (Å²) in [6.45, 7) is 3.00. The minimum absolute atomic E-state index is 0.0820. The Morgan fingerprint density at radius 3 is 2.75 bits per heavy atom. The maximum atomic E-state index is 12.3. The monoisotopic (exact) mass is 451 g/mol. The molecule has 173 valence electrons. The minimum atomic E-state index is -0.0820. The van der Waals surface area contributed by atoms with Gasteiger partial charge in [-0.2, -0.15) is 11.8 Å². The molecular weight excluding hydrogens is 411 g/mol. The summed E-state index contributed by atoms with van der Waals surface area (Å²) < 4.78 is 5.49. The van der Waals surface area contributed by atoms with Crippen LogP contribution >= 0.6 is 11.8 Å². The quantitative estimate of drug-likeness (QED) is 0.343. The van der Waals surface area contributed by atoms with Crippen LogP contribution in [0.1, 0.15) is 70.3 Å². The van der Waals surface area contributed by atoms with Gasteiger partial charge in [0.05, 0.1) is 0 Å². The van der Waals surface area contributed by atoms with E-state index in [2.05, 4.69) is 26.0 Å². The van der Waals surface area contributed by atoms with E-state index in [9.17, 15) is 4.79 Å². The second kappa shape index (κ2) is 10.2. The number of fused-ring (bicyclic) bond motifs is 5. The molecule has 3 saturated carbocycles. The largest absolute Gasteiger partial charge is 0.461 e. The molecule has 0 bridgehead atoms. The molecule has 0 aromatic heterocycles. The zero-order chi connectivity index (χ0) is 22.0. The van der Waals surface area contributed by atoms with Crippen molar-refractivity contribution in [2.45, 2.75) is 89.2 Å². The average molecular weight is 452 g/mol. The Labute approximate surface area is 200 Å². The smallest absolute Gasteiger partial charge is 0.298 e. The van der Waals surface area contributed by atoms with Crippen LogP contribution in [0.4, 0.5) is 0 Å². The van der Waals surface area contributed by atoms with E-state index in [4.69, 9.17) is 4.74 Å². The third-order valence-corrected chi connectivity index (χ3v) is 11.3. The van der Waals surface area contributed by atoms with Crippen LogP contribution in [0.2, 0.25) is 12.6 Å². The lowest BCUT2D eigenvalue weighted by molar-refractivity contribution is -0.142. The molecule has 4 heteroatoms. The van der Waals surface area contributed by atoms with Gasteiger partial charge < -0.3 is 4.74 Å². The molecule has 0 amide bonds. The van der Waals surface area contributed by atoms with Crippen molar-refractivity contribution in [2.24, 2.45) is 35.0 Å². The van der Waals surface area contributed by atoms with Gasteiger partial charge in [0.1, 0.15) is 13.9 Å². The van der Waals surface area contributed by atoms with Gasteiger partial charge >= 0.3 is 0 Å². The van der Waals surface area contributed by atoms with Crippen molar-refractivity contribution in [1.29, 1.82) is 0 Å². The Morgan fingerprint density at radius 2 is 1.88 bits per heavy atom. The Balaban J connectivity index is 1.14. The topological polar surface area (TPSA) is 26.3 Å². The Morgan fingerprint density at radius 1 is 1.03 bits per heavy atom. The predicted molar refractivity (Wildman–Crippen MR) is 135 cm³/mol. The molecule has 1 aromatic rings. The van der Waals surface area contributed by atoms with Crippen molar-refractivity contribution in [2.75, 3.05) is 5.75 Å². The summed E-state index contributed by atoms with van der Waals surface area (Å²) in [6, 6.07) is 9.98. The Kier molecular flexibility index (Phi) is 7.26. The molecule has 1 aromatic carbocycles. The highest BCUT2D eigenvalue weighted by Crippen LogP contribution is 2.63. The van der Waals surface area contributed by atoms with E-state index < -0.39 is 0 Å². The second-order valence-corrected chi connectivity index (χ2v) is 12.6. The van der Waals surface area contributed by atoms with Gasteiger partial charge in [0.15, 0.2) is 0 Å². The molecule has 0 spiro atoms. The summed E-state index contributed by atoms with van der Waals surface area (Å²) in [5.74, 6) is 5.98. The number of carbonyl (C=O) groups is 1. The first-order valence-electron chi connectivity index (χ1n) is 13.3. The van der Waals surface area contributed by atoms with Crippen molar-refractivity contribution in [3.05, 3.63) is 35.9 Å². The second-order valence-electron chi connectivity index (χ2n) is 11.3. The third kappa shape index (κ3) is 4.68. The van der Waals surface area contributed by atoms with Gasteiger partial charge in [0, 0.05) is 11.6 Å². The van der Waals surface area contributed by atoms with Crippen LogP contribution in [-0.2, 0) is 16.1 Å². The molecule has 7 unspecified atom stereocenters. The van der Waals surface area contributed by atoms with E-state index in [1.807, 2.05) is 30.3 Å². The van der Waals surface area contributed by atoms with Crippen molar-refractivity contribution < 1.29 is 9.53 Å². The number of carbonyl (C=O) groups excluding carboxylic acids is 1.